The van der Waals surface area contributed by atoms with Crippen molar-refractivity contribution in [3.05, 3.63) is 28.2 Å². The molecule has 1 aromatic rings. The van der Waals surface area contributed by atoms with Gasteiger partial charge in [0.2, 0.25) is 0 Å². The smallest absolute Gasteiger partial charge is 0.407 e. The predicted molar refractivity (Wildman–Crippen MR) is 98.4 cm³/mol. The van der Waals surface area contributed by atoms with E-state index in [0.29, 0.717) is 22.3 Å². The summed E-state index contributed by atoms with van der Waals surface area (Å²) >= 11 is 11.8. The van der Waals surface area contributed by atoms with Crippen molar-refractivity contribution in [2.24, 2.45) is 0 Å². The summed E-state index contributed by atoms with van der Waals surface area (Å²) in [5, 5.41) is 3.50. The molecular weight excluding hydrogens is 367 g/mol. The largest absolute Gasteiger partial charge is 0.482 e. The molecule has 8 heteroatoms. The van der Waals surface area contributed by atoms with Crippen molar-refractivity contribution in [1.29, 1.82) is 0 Å². The molecule has 140 valence electrons. The highest BCUT2D eigenvalue weighted by Crippen LogP contribution is 2.27. The van der Waals surface area contributed by atoms with Crippen LogP contribution in [0.25, 0.3) is 0 Å². The molecule has 0 aliphatic heterocycles. The van der Waals surface area contributed by atoms with E-state index in [1.54, 1.807) is 52.9 Å². The molecule has 1 aromatic carbocycles. The number of ether oxygens (including phenoxy) is 2. The van der Waals surface area contributed by atoms with E-state index in [2.05, 4.69) is 5.32 Å². The lowest BCUT2D eigenvalue weighted by Gasteiger charge is -2.25. The number of amides is 2. The normalized spacial score (nSPS) is 12.3. The zero-order chi connectivity index (χ0) is 19.2. The quantitative estimate of drug-likeness (QED) is 0.802. The predicted octanol–water partition coefficient (Wildman–Crippen LogP) is 3.74. The second-order valence-electron chi connectivity index (χ2n) is 6.68. The molecule has 0 saturated heterocycles. The molecule has 0 saturated carbocycles. The van der Waals surface area contributed by atoms with Crippen LogP contribution < -0.4 is 10.1 Å². The molecule has 0 aliphatic rings. The minimum atomic E-state index is -0.572. The lowest BCUT2D eigenvalue weighted by Crippen LogP contribution is -2.45. The number of nitrogens with one attached hydrogen (secondary N) is 1. The highest BCUT2D eigenvalue weighted by Gasteiger charge is 2.19. The third kappa shape index (κ3) is 8.31. The Labute approximate surface area is 158 Å². The van der Waals surface area contributed by atoms with Crippen LogP contribution in [-0.2, 0) is 9.53 Å². The lowest BCUT2D eigenvalue weighted by atomic mass is 10.2. The zero-order valence-electron chi connectivity index (χ0n) is 15.1. The molecule has 0 spiro atoms. The number of nitrogens with zero attached hydrogens (tertiary/aromatic N) is 1. The molecule has 0 aliphatic carbocycles. The van der Waals surface area contributed by atoms with E-state index in [9.17, 15) is 9.59 Å². The molecule has 1 rings (SSSR count). The maximum Gasteiger partial charge on any atom is 0.407 e. The summed E-state index contributed by atoms with van der Waals surface area (Å²) < 4.78 is 10.6. The number of hydrogen-bond acceptors (Lipinski definition) is 4. The Morgan fingerprint density at radius 3 is 2.48 bits per heavy atom. The fourth-order valence-corrected chi connectivity index (χ4v) is 2.37. The molecule has 0 heterocycles. The van der Waals surface area contributed by atoms with Gasteiger partial charge in [0.15, 0.2) is 6.61 Å². The first-order valence-electron chi connectivity index (χ1n) is 7.79. The maximum atomic E-state index is 12.1. The van der Waals surface area contributed by atoms with Crippen molar-refractivity contribution >= 4 is 35.2 Å². The average Bonchev–Trinajstić information content (AvgIpc) is 2.43. The Balaban J connectivity index is 2.44. The van der Waals surface area contributed by atoms with Crippen LogP contribution in [0.15, 0.2) is 18.2 Å². The number of likely N-dealkylation sites (N-methyl/N-ethyl adjacent to an activating group) is 1. The van der Waals surface area contributed by atoms with Crippen molar-refractivity contribution in [2.75, 3.05) is 20.2 Å². The monoisotopic (exact) mass is 390 g/mol. The molecular formula is C17H24Cl2N2O4. The number of rotatable bonds is 6. The van der Waals surface area contributed by atoms with Crippen molar-refractivity contribution in [3.8, 4) is 5.75 Å². The van der Waals surface area contributed by atoms with Crippen LogP contribution in [0.5, 0.6) is 5.75 Å². The topological polar surface area (TPSA) is 67.9 Å². The summed E-state index contributed by atoms with van der Waals surface area (Å²) in [6.07, 6.45) is -0.523. The maximum absolute atomic E-state index is 12.1. The van der Waals surface area contributed by atoms with Gasteiger partial charge in [0.05, 0.1) is 5.02 Å². The number of carbonyl (C=O) groups is 2. The van der Waals surface area contributed by atoms with Crippen LogP contribution in [0, 0.1) is 0 Å². The zero-order valence-corrected chi connectivity index (χ0v) is 16.6. The molecule has 0 bridgehead atoms. The van der Waals surface area contributed by atoms with Gasteiger partial charge in [0, 0.05) is 24.7 Å². The average molecular weight is 391 g/mol. The molecule has 0 unspecified atom stereocenters. The van der Waals surface area contributed by atoms with Gasteiger partial charge in [-0.05, 0) is 45.9 Å². The van der Waals surface area contributed by atoms with Crippen LogP contribution in [0.1, 0.15) is 27.7 Å². The lowest BCUT2D eigenvalue weighted by molar-refractivity contribution is -0.132. The molecule has 1 atom stereocenters. The Kier molecular flexibility index (Phi) is 7.83. The summed E-state index contributed by atoms with van der Waals surface area (Å²) in [7, 11) is 1.63. The Hall–Kier alpha value is -1.66. The van der Waals surface area contributed by atoms with Crippen LogP contribution in [0.3, 0.4) is 0 Å². The van der Waals surface area contributed by atoms with E-state index < -0.39 is 11.7 Å². The highest BCUT2D eigenvalue weighted by atomic mass is 35.5. The molecule has 0 fully saturated rings. The number of carbonyl (C=O) groups excluding carboxylic acids is 2. The number of benzene rings is 1. The second-order valence-corrected chi connectivity index (χ2v) is 7.53. The first-order valence-corrected chi connectivity index (χ1v) is 8.55. The van der Waals surface area contributed by atoms with Crippen molar-refractivity contribution in [1.82, 2.24) is 10.2 Å². The SMILES string of the molecule is C[C@@H](CN(C)C(=O)COc1ccc(Cl)cc1Cl)NC(=O)OC(C)(C)C. The van der Waals surface area contributed by atoms with E-state index in [1.807, 2.05) is 0 Å². The first kappa shape index (κ1) is 21.4. The van der Waals surface area contributed by atoms with Gasteiger partial charge in [0.25, 0.3) is 5.91 Å². The minimum absolute atomic E-state index is 0.170. The van der Waals surface area contributed by atoms with Crippen LogP contribution in [-0.4, -0.2) is 48.7 Å². The summed E-state index contributed by atoms with van der Waals surface area (Å²) in [5.74, 6) is 0.136. The van der Waals surface area contributed by atoms with E-state index in [1.165, 1.54) is 4.90 Å². The Morgan fingerprint density at radius 2 is 1.92 bits per heavy atom. The van der Waals surface area contributed by atoms with Crippen molar-refractivity contribution in [3.63, 3.8) is 0 Å². The van der Waals surface area contributed by atoms with Crippen molar-refractivity contribution in [2.45, 2.75) is 39.3 Å². The van der Waals surface area contributed by atoms with Gasteiger partial charge in [-0.15, -0.1) is 0 Å². The number of hydrogen-bond donors (Lipinski definition) is 1. The summed E-state index contributed by atoms with van der Waals surface area (Å²) in [6.45, 7) is 7.28. The molecule has 1 N–H and O–H groups in total. The van der Waals surface area contributed by atoms with Crippen molar-refractivity contribution < 1.29 is 19.1 Å². The van der Waals surface area contributed by atoms with Gasteiger partial charge in [0.1, 0.15) is 11.4 Å². The van der Waals surface area contributed by atoms with Gasteiger partial charge < -0.3 is 19.7 Å². The standard InChI is InChI=1S/C17H24Cl2N2O4/c1-11(20-16(23)25-17(2,3)4)9-21(5)15(22)10-24-14-7-6-12(18)8-13(14)19/h6-8,11H,9-10H2,1-5H3,(H,20,23)/t11-/m0/s1. The van der Waals surface area contributed by atoms with E-state index in [4.69, 9.17) is 32.7 Å². The minimum Gasteiger partial charge on any atom is -0.482 e. The molecule has 2 amide bonds. The summed E-state index contributed by atoms with van der Waals surface area (Å²) in [4.78, 5) is 25.3. The van der Waals surface area contributed by atoms with Crippen LogP contribution >= 0.6 is 23.2 Å². The van der Waals surface area contributed by atoms with E-state index in [-0.39, 0.29) is 18.6 Å². The highest BCUT2D eigenvalue weighted by molar-refractivity contribution is 6.35. The van der Waals surface area contributed by atoms with Gasteiger partial charge in [-0.3, -0.25) is 4.79 Å². The van der Waals surface area contributed by atoms with E-state index in [0.717, 1.165) is 0 Å². The molecule has 25 heavy (non-hydrogen) atoms. The first-order chi connectivity index (χ1) is 11.5. The van der Waals surface area contributed by atoms with Gasteiger partial charge in [-0.25, -0.2) is 4.79 Å². The van der Waals surface area contributed by atoms with Gasteiger partial charge in [-0.1, -0.05) is 23.2 Å². The Bertz CT molecular complexity index is 617. The number of alkyl carbamates (subject to hydrolysis) is 1. The summed E-state index contributed by atoms with van der Waals surface area (Å²) in [6, 6.07) is 4.50. The number of halogens is 2. The fourth-order valence-electron chi connectivity index (χ4n) is 1.91. The van der Waals surface area contributed by atoms with E-state index >= 15 is 0 Å². The third-order valence-corrected chi connectivity index (χ3v) is 3.51. The van der Waals surface area contributed by atoms with Crippen LogP contribution in [0.2, 0.25) is 10.0 Å². The molecule has 6 nitrogen and oxygen atoms in total. The molecule has 0 radical (unpaired) electrons. The third-order valence-electron chi connectivity index (χ3n) is 2.98. The second kappa shape index (κ2) is 9.15. The fraction of sp³-hybridized carbons (Fsp3) is 0.529. The van der Waals surface area contributed by atoms with Gasteiger partial charge >= 0.3 is 6.09 Å². The Morgan fingerprint density at radius 1 is 1.28 bits per heavy atom. The molecule has 0 aromatic heterocycles. The summed E-state index contributed by atoms with van der Waals surface area (Å²) in [5.41, 5.74) is -0.572. The van der Waals surface area contributed by atoms with Crippen LogP contribution in [0.4, 0.5) is 4.79 Å². The van der Waals surface area contributed by atoms with Gasteiger partial charge in [-0.2, -0.15) is 0 Å².